The number of benzene rings is 2. The number of allylic oxidation sites excluding steroid dienone is 5. The van der Waals surface area contributed by atoms with E-state index in [4.69, 9.17) is 0 Å². The van der Waals surface area contributed by atoms with Gasteiger partial charge in [0, 0.05) is 35.0 Å². The largest absolute Gasteiger partial charge is 0.350 e. The first-order valence-corrected chi connectivity index (χ1v) is 10.3. The second-order valence-corrected chi connectivity index (χ2v) is 8.59. The normalized spacial score (nSPS) is 21.7. The molecule has 2 aromatic rings. The smallest absolute Gasteiger partial charge is 0.137 e. The molecule has 2 aliphatic rings. The maximum Gasteiger partial charge on any atom is 0.137 e. The molecule has 1 unspecified atom stereocenters. The Morgan fingerprint density at radius 2 is 1.77 bits per heavy atom. The van der Waals surface area contributed by atoms with Crippen LogP contribution in [0.15, 0.2) is 71.6 Å². The molecule has 0 aromatic heterocycles. The molecule has 1 aliphatic heterocycles. The highest BCUT2D eigenvalue weighted by atomic mass is 15.2. The number of hydrogen-bond donors (Lipinski definition) is 0. The van der Waals surface area contributed by atoms with Crippen LogP contribution >= 0.6 is 0 Å². The summed E-state index contributed by atoms with van der Waals surface area (Å²) in [6.07, 6.45) is 10.0. The summed E-state index contributed by atoms with van der Waals surface area (Å²) >= 11 is 0. The molecule has 0 bridgehead atoms. The lowest BCUT2D eigenvalue weighted by Gasteiger charge is -2.26. The van der Waals surface area contributed by atoms with Crippen molar-refractivity contribution in [3.05, 3.63) is 82.0 Å². The van der Waals surface area contributed by atoms with Crippen molar-refractivity contribution in [3.8, 4) is 12.1 Å². The van der Waals surface area contributed by atoms with Crippen molar-refractivity contribution in [1.29, 1.82) is 10.5 Å². The van der Waals surface area contributed by atoms with Crippen molar-refractivity contribution in [1.82, 2.24) is 4.90 Å². The molecular formula is C27H25N3. The topological polar surface area (TPSA) is 50.8 Å². The predicted molar refractivity (Wildman–Crippen MR) is 122 cm³/mol. The third-order valence-corrected chi connectivity index (χ3v) is 6.42. The minimum absolute atomic E-state index is 0.0515. The Labute approximate surface area is 177 Å². The van der Waals surface area contributed by atoms with E-state index in [2.05, 4.69) is 57.0 Å². The highest BCUT2D eigenvalue weighted by molar-refractivity contribution is 5.89. The Morgan fingerprint density at radius 3 is 2.43 bits per heavy atom. The molecule has 0 amide bonds. The van der Waals surface area contributed by atoms with Crippen LogP contribution < -0.4 is 10.4 Å². The summed E-state index contributed by atoms with van der Waals surface area (Å²) in [5.41, 5.74) is 4.20. The molecule has 148 valence electrons. The molecule has 0 N–H and O–H groups in total. The molecule has 0 saturated heterocycles. The van der Waals surface area contributed by atoms with Gasteiger partial charge in [0.1, 0.15) is 17.7 Å². The van der Waals surface area contributed by atoms with Gasteiger partial charge in [-0.15, -0.1) is 0 Å². The van der Waals surface area contributed by atoms with Crippen LogP contribution in [0.3, 0.4) is 0 Å². The minimum Gasteiger partial charge on any atom is -0.350 e. The van der Waals surface area contributed by atoms with E-state index in [0.717, 1.165) is 22.4 Å². The number of nitriles is 2. The summed E-state index contributed by atoms with van der Waals surface area (Å²) in [6.45, 7) is 6.87. The van der Waals surface area contributed by atoms with Crippen molar-refractivity contribution < 1.29 is 0 Å². The molecule has 0 saturated carbocycles. The molecule has 2 aromatic carbocycles. The van der Waals surface area contributed by atoms with Crippen LogP contribution in [0.5, 0.6) is 0 Å². The fourth-order valence-electron chi connectivity index (χ4n) is 4.90. The average Bonchev–Trinajstić information content (AvgIpc) is 2.94. The maximum absolute atomic E-state index is 9.32. The standard InChI is InChI=1S/C27H25N3/c1-18-8-7-11-24-26(18)30(4)25(27(24,2)3)15-13-19-12-14-22(20(16-28)17-29)23-10-6-5-9-21(19)23/h5-7,9-15,18H,8H2,1-4H3/b19-13+,25-15-. The maximum atomic E-state index is 9.32. The number of rotatable bonds is 1. The summed E-state index contributed by atoms with van der Waals surface area (Å²) in [4.78, 5) is 2.35. The second-order valence-electron chi connectivity index (χ2n) is 8.59. The van der Waals surface area contributed by atoms with Crippen molar-refractivity contribution in [2.45, 2.75) is 27.2 Å². The summed E-state index contributed by atoms with van der Waals surface area (Å²) in [5.74, 6) is 0.520. The summed E-state index contributed by atoms with van der Waals surface area (Å²) < 4.78 is 0. The number of fused-ring (bicyclic) bond motifs is 1. The Bertz CT molecular complexity index is 1320. The van der Waals surface area contributed by atoms with Gasteiger partial charge < -0.3 is 4.90 Å². The monoisotopic (exact) mass is 391 g/mol. The van der Waals surface area contributed by atoms with Gasteiger partial charge in [-0.3, -0.25) is 0 Å². The van der Waals surface area contributed by atoms with E-state index in [-0.39, 0.29) is 11.0 Å². The van der Waals surface area contributed by atoms with Crippen LogP contribution in [0.25, 0.3) is 22.4 Å². The Kier molecular flexibility index (Phi) is 4.84. The van der Waals surface area contributed by atoms with Crippen LogP contribution in [-0.2, 0) is 0 Å². The van der Waals surface area contributed by atoms with E-state index in [0.29, 0.717) is 11.1 Å². The van der Waals surface area contributed by atoms with E-state index < -0.39 is 0 Å². The first kappa shape index (κ1) is 19.7. The van der Waals surface area contributed by atoms with Gasteiger partial charge in [0.05, 0.1) is 0 Å². The molecule has 1 heterocycles. The van der Waals surface area contributed by atoms with E-state index in [1.165, 1.54) is 17.0 Å². The second kappa shape index (κ2) is 7.36. The first-order chi connectivity index (χ1) is 14.4. The molecule has 0 radical (unpaired) electrons. The Hall–Kier alpha value is -3.56. The number of nitrogens with zero attached hydrogens (tertiary/aromatic N) is 3. The van der Waals surface area contributed by atoms with Crippen molar-refractivity contribution in [2.24, 2.45) is 11.3 Å². The zero-order chi connectivity index (χ0) is 21.5. The van der Waals surface area contributed by atoms with Gasteiger partial charge in [-0.25, -0.2) is 0 Å². The fourth-order valence-corrected chi connectivity index (χ4v) is 4.90. The Morgan fingerprint density at radius 1 is 1.07 bits per heavy atom. The van der Waals surface area contributed by atoms with Gasteiger partial charge in [0.25, 0.3) is 0 Å². The van der Waals surface area contributed by atoms with Gasteiger partial charge in [0.15, 0.2) is 0 Å². The summed E-state index contributed by atoms with van der Waals surface area (Å²) in [7, 11) is 2.17. The van der Waals surface area contributed by atoms with Gasteiger partial charge in [-0.05, 0) is 34.1 Å². The van der Waals surface area contributed by atoms with Crippen molar-refractivity contribution >= 4 is 22.4 Å². The van der Waals surface area contributed by atoms with E-state index in [9.17, 15) is 10.5 Å². The molecule has 4 rings (SSSR count). The molecule has 0 spiro atoms. The molecule has 1 aliphatic carbocycles. The van der Waals surface area contributed by atoms with Gasteiger partial charge in [-0.2, -0.15) is 10.5 Å². The van der Waals surface area contributed by atoms with E-state index >= 15 is 0 Å². The minimum atomic E-state index is -0.0515. The van der Waals surface area contributed by atoms with Crippen molar-refractivity contribution in [3.63, 3.8) is 0 Å². The SMILES string of the molecule is CC1CC=CC2=C1N(C)/C(=C\C=c1/ccc(=C(C#N)C#N)c3ccccc13)C2(C)C. The van der Waals surface area contributed by atoms with Gasteiger partial charge in [-0.1, -0.05) is 75.4 Å². The molecule has 3 nitrogen and oxygen atoms in total. The Balaban J connectivity index is 1.91. The number of hydrogen-bond acceptors (Lipinski definition) is 3. The van der Waals surface area contributed by atoms with Crippen LogP contribution in [-0.4, -0.2) is 11.9 Å². The lowest BCUT2D eigenvalue weighted by atomic mass is 9.79. The van der Waals surface area contributed by atoms with Gasteiger partial charge >= 0.3 is 0 Å². The fraction of sp³-hybridized carbons (Fsp3) is 0.259. The van der Waals surface area contributed by atoms with Gasteiger partial charge in [0.2, 0.25) is 0 Å². The van der Waals surface area contributed by atoms with Crippen LogP contribution in [0.2, 0.25) is 0 Å². The highest BCUT2D eigenvalue weighted by Crippen LogP contribution is 2.50. The zero-order valence-electron chi connectivity index (χ0n) is 17.9. The molecule has 0 fully saturated rings. The predicted octanol–water partition coefficient (Wildman–Crippen LogP) is 4.52. The summed E-state index contributed by atoms with van der Waals surface area (Å²) in [6, 6.07) is 15.9. The van der Waals surface area contributed by atoms with Crippen molar-refractivity contribution in [2.75, 3.05) is 7.05 Å². The summed E-state index contributed by atoms with van der Waals surface area (Å²) in [5, 5.41) is 22.4. The lowest BCUT2D eigenvalue weighted by Crippen LogP contribution is -2.21. The van der Waals surface area contributed by atoms with E-state index in [1.807, 2.05) is 48.5 Å². The third kappa shape index (κ3) is 2.95. The first-order valence-electron chi connectivity index (χ1n) is 10.3. The lowest BCUT2D eigenvalue weighted by molar-refractivity contribution is 0.414. The molecule has 3 heteroatoms. The van der Waals surface area contributed by atoms with Crippen LogP contribution in [0, 0.1) is 34.0 Å². The molecule has 30 heavy (non-hydrogen) atoms. The van der Waals surface area contributed by atoms with E-state index in [1.54, 1.807) is 0 Å². The van der Waals surface area contributed by atoms with Crippen LogP contribution in [0.4, 0.5) is 0 Å². The quantitative estimate of drug-likeness (QED) is 0.718. The zero-order valence-corrected chi connectivity index (χ0v) is 17.9. The molecule has 1 atom stereocenters. The highest BCUT2D eigenvalue weighted by Gasteiger charge is 2.41. The third-order valence-electron chi connectivity index (χ3n) is 6.42. The molecular weight excluding hydrogens is 366 g/mol. The average molecular weight is 392 g/mol. The van der Waals surface area contributed by atoms with Crippen LogP contribution in [0.1, 0.15) is 27.2 Å².